The van der Waals surface area contributed by atoms with Crippen LogP contribution in [0.15, 0.2) is 48.5 Å². The number of carbonyl (C=O) groups is 1. The van der Waals surface area contributed by atoms with Gasteiger partial charge in [0.05, 0.1) is 12.8 Å². The summed E-state index contributed by atoms with van der Waals surface area (Å²) in [5.41, 5.74) is 4.07. The standard InChI is InChI=1S/C24H25N5O2S2/c1-4-5-16-6-8-17(9-7-16)21-15(2)33-23(26-21)25-20(30)14-29-22(27-28-24(29)32)18-10-12-19(31-3)13-11-18/h6-13H,4-5,14H2,1-3H3,(H,28,32)(H,25,26,30). The Kier molecular flexibility index (Phi) is 7.00. The van der Waals surface area contributed by atoms with Gasteiger partial charge < -0.3 is 10.1 Å². The zero-order valence-electron chi connectivity index (χ0n) is 18.7. The number of hydrogen-bond donors (Lipinski definition) is 2. The number of benzene rings is 2. The van der Waals surface area contributed by atoms with Crippen molar-refractivity contribution < 1.29 is 9.53 Å². The predicted octanol–water partition coefficient (Wildman–Crippen LogP) is 5.64. The third-order valence-corrected chi connectivity index (χ3v) is 6.42. The van der Waals surface area contributed by atoms with E-state index < -0.39 is 0 Å². The third kappa shape index (κ3) is 5.20. The fourth-order valence-electron chi connectivity index (χ4n) is 3.56. The summed E-state index contributed by atoms with van der Waals surface area (Å²) in [4.78, 5) is 18.5. The molecule has 0 atom stereocenters. The van der Waals surface area contributed by atoms with Crippen molar-refractivity contribution >= 4 is 34.6 Å². The maximum absolute atomic E-state index is 12.8. The smallest absolute Gasteiger partial charge is 0.246 e. The fourth-order valence-corrected chi connectivity index (χ4v) is 4.61. The summed E-state index contributed by atoms with van der Waals surface area (Å²) in [6.07, 6.45) is 2.18. The molecule has 4 aromatic rings. The minimum absolute atomic E-state index is 0.0242. The van der Waals surface area contributed by atoms with Crippen LogP contribution < -0.4 is 10.1 Å². The summed E-state index contributed by atoms with van der Waals surface area (Å²) < 4.78 is 7.25. The van der Waals surface area contributed by atoms with Gasteiger partial charge in [0.2, 0.25) is 5.91 Å². The number of H-pyrrole nitrogens is 1. The first-order valence-electron chi connectivity index (χ1n) is 10.6. The first kappa shape index (κ1) is 22.9. The van der Waals surface area contributed by atoms with Crippen molar-refractivity contribution in [2.24, 2.45) is 0 Å². The molecule has 4 rings (SSSR count). The highest BCUT2D eigenvalue weighted by Gasteiger charge is 2.16. The molecular weight excluding hydrogens is 454 g/mol. The number of aromatic amines is 1. The summed E-state index contributed by atoms with van der Waals surface area (Å²) in [6.45, 7) is 4.21. The number of rotatable bonds is 8. The molecule has 2 N–H and O–H groups in total. The first-order valence-corrected chi connectivity index (χ1v) is 11.9. The van der Waals surface area contributed by atoms with Crippen LogP contribution in [0.25, 0.3) is 22.6 Å². The summed E-state index contributed by atoms with van der Waals surface area (Å²) in [6, 6.07) is 15.9. The molecule has 1 amide bonds. The van der Waals surface area contributed by atoms with Gasteiger partial charge in [-0.3, -0.25) is 14.5 Å². The molecule has 0 radical (unpaired) electrons. The summed E-state index contributed by atoms with van der Waals surface area (Å²) >= 11 is 6.81. The summed E-state index contributed by atoms with van der Waals surface area (Å²) in [5, 5.41) is 10.5. The van der Waals surface area contributed by atoms with Crippen molar-refractivity contribution in [2.45, 2.75) is 33.2 Å². The van der Waals surface area contributed by atoms with Crippen molar-refractivity contribution in [1.82, 2.24) is 19.7 Å². The molecule has 2 aromatic carbocycles. The van der Waals surface area contributed by atoms with Gasteiger partial charge in [-0.25, -0.2) is 4.98 Å². The Balaban J connectivity index is 1.49. The van der Waals surface area contributed by atoms with Gasteiger partial charge in [0.15, 0.2) is 15.7 Å². The lowest BCUT2D eigenvalue weighted by Crippen LogP contribution is -2.19. The zero-order chi connectivity index (χ0) is 23.4. The Hall–Kier alpha value is -3.30. The second kappa shape index (κ2) is 10.1. The molecule has 2 aromatic heterocycles. The molecule has 2 heterocycles. The molecule has 9 heteroatoms. The minimum atomic E-state index is -0.221. The maximum atomic E-state index is 12.8. The number of carbonyl (C=O) groups excluding carboxylic acids is 1. The van der Waals surface area contributed by atoms with Crippen LogP contribution in [0.4, 0.5) is 5.13 Å². The second-order valence-corrected chi connectivity index (χ2v) is 9.18. The van der Waals surface area contributed by atoms with Gasteiger partial charge in [0, 0.05) is 16.0 Å². The van der Waals surface area contributed by atoms with E-state index in [2.05, 4.69) is 51.7 Å². The largest absolute Gasteiger partial charge is 0.497 e. The molecular formula is C24H25N5O2S2. The molecule has 0 aliphatic heterocycles. The number of anilines is 1. The number of methoxy groups -OCH3 is 1. The average Bonchev–Trinajstić information content (AvgIpc) is 3.36. The zero-order valence-corrected chi connectivity index (χ0v) is 20.3. The lowest BCUT2D eigenvalue weighted by Gasteiger charge is -2.07. The van der Waals surface area contributed by atoms with E-state index in [1.807, 2.05) is 31.2 Å². The lowest BCUT2D eigenvalue weighted by atomic mass is 10.1. The number of nitrogens with zero attached hydrogens (tertiary/aromatic N) is 3. The van der Waals surface area contributed by atoms with Gasteiger partial charge in [-0.05, 0) is 55.4 Å². The molecule has 0 saturated carbocycles. The van der Waals surface area contributed by atoms with Crippen molar-refractivity contribution in [3.05, 3.63) is 63.7 Å². The summed E-state index contributed by atoms with van der Waals surface area (Å²) in [7, 11) is 1.61. The normalized spacial score (nSPS) is 10.9. The van der Waals surface area contributed by atoms with E-state index in [9.17, 15) is 4.79 Å². The van der Waals surface area contributed by atoms with Crippen LogP contribution in [0.5, 0.6) is 5.75 Å². The Labute approximate surface area is 201 Å². The van der Waals surface area contributed by atoms with Gasteiger partial charge in [-0.15, -0.1) is 11.3 Å². The number of amides is 1. The molecule has 7 nitrogen and oxygen atoms in total. The van der Waals surface area contributed by atoms with E-state index in [-0.39, 0.29) is 12.5 Å². The number of nitrogens with one attached hydrogen (secondary N) is 2. The predicted molar refractivity (Wildman–Crippen MR) is 134 cm³/mol. The van der Waals surface area contributed by atoms with Crippen LogP contribution in [0.3, 0.4) is 0 Å². The van der Waals surface area contributed by atoms with Crippen LogP contribution >= 0.6 is 23.6 Å². The Morgan fingerprint density at radius 1 is 1.15 bits per heavy atom. The monoisotopic (exact) mass is 479 g/mol. The van der Waals surface area contributed by atoms with E-state index >= 15 is 0 Å². The summed E-state index contributed by atoms with van der Waals surface area (Å²) in [5.74, 6) is 1.11. The maximum Gasteiger partial charge on any atom is 0.246 e. The van der Waals surface area contributed by atoms with Gasteiger partial charge in [0.1, 0.15) is 12.3 Å². The highest BCUT2D eigenvalue weighted by atomic mass is 32.1. The minimum Gasteiger partial charge on any atom is -0.497 e. The lowest BCUT2D eigenvalue weighted by molar-refractivity contribution is -0.116. The average molecular weight is 480 g/mol. The van der Waals surface area contributed by atoms with Crippen molar-refractivity contribution in [3.63, 3.8) is 0 Å². The van der Waals surface area contributed by atoms with E-state index in [0.29, 0.717) is 15.7 Å². The van der Waals surface area contributed by atoms with Crippen LogP contribution in [0, 0.1) is 11.7 Å². The highest BCUT2D eigenvalue weighted by molar-refractivity contribution is 7.71. The van der Waals surface area contributed by atoms with Gasteiger partial charge in [-0.2, -0.15) is 5.10 Å². The van der Waals surface area contributed by atoms with E-state index in [1.54, 1.807) is 11.7 Å². The molecule has 0 fully saturated rings. The number of hydrogen-bond acceptors (Lipinski definition) is 6. The van der Waals surface area contributed by atoms with Gasteiger partial charge in [0.25, 0.3) is 0 Å². The molecule has 0 saturated heterocycles. The quantitative estimate of drug-likeness (QED) is 0.320. The van der Waals surface area contributed by atoms with Crippen molar-refractivity contribution in [1.29, 1.82) is 0 Å². The fraction of sp³-hybridized carbons (Fsp3) is 0.250. The number of aryl methyl sites for hydroxylation is 2. The SMILES string of the molecule is CCCc1ccc(-c2nc(NC(=O)Cn3c(-c4ccc(OC)cc4)n[nH]c3=S)sc2C)cc1. The second-order valence-electron chi connectivity index (χ2n) is 7.59. The number of aromatic nitrogens is 4. The molecule has 0 aliphatic carbocycles. The number of thiazole rings is 1. The van der Waals surface area contributed by atoms with E-state index in [4.69, 9.17) is 17.0 Å². The Morgan fingerprint density at radius 3 is 2.52 bits per heavy atom. The number of ether oxygens (including phenoxy) is 1. The van der Waals surface area contributed by atoms with Crippen LogP contribution in [-0.4, -0.2) is 32.8 Å². The molecule has 0 bridgehead atoms. The van der Waals surface area contributed by atoms with Crippen molar-refractivity contribution in [3.8, 4) is 28.4 Å². The molecule has 0 aliphatic rings. The third-order valence-electron chi connectivity index (χ3n) is 5.22. The van der Waals surface area contributed by atoms with Crippen LogP contribution in [0.2, 0.25) is 0 Å². The van der Waals surface area contributed by atoms with E-state index in [0.717, 1.165) is 40.3 Å². The Morgan fingerprint density at radius 2 is 1.85 bits per heavy atom. The molecule has 0 unspecified atom stereocenters. The van der Waals surface area contributed by atoms with Crippen LogP contribution in [-0.2, 0) is 17.8 Å². The topological polar surface area (TPSA) is 84.8 Å². The molecule has 33 heavy (non-hydrogen) atoms. The van der Waals surface area contributed by atoms with E-state index in [1.165, 1.54) is 16.9 Å². The van der Waals surface area contributed by atoms with Gasteiger partial charge in [-0.1, -0.05) is 37.6 Å². The van der Waals surface area contributed by atoms with Crippen LogP contribution in [0.1, 0.15) is 23.8 Å². The highest BCUT2D eigenvalue weighted by Crippen LogP contribution is 2.31. The Bertz CT molecular complexity index is 1300. The first-order chi connectivity index (χ1) is 16.0. The van der Waals surface area contributed by atoms with Gasteiger partial charge >= 0.3 is 0 Å². The molecule has 170 valence electrons. The molecule has 0 spiro atoms. The van der Waals surface area contributed by atoms with Crippen molar-refractivity contribution in [2.75, 3.05) is 12.4 Å².